The van der Waals surface area contributed by atoms with Crippen molar-refractivity contribution in [2.24, 2.45) is 0 Å². The van der Waals surface area contributed by atoms with Crippen molar-refractivity contribution in [3.05, 3.63) is 28.5 Å². The Kier molecular flexibility index (Phi) is 3.21. The van der Waals surface area contributed by atoms with Crippen LogP contribution in [0.5, 0.6) is 0 Å². The SMILES string of the molecule is CCCC1CC(=O)C=C(c2ccsc2)N1. The van der Waals surface area contributed by atoms with Gasteiger partial charge in [-0.1, -0.05) is 13.3 Å². The largest absolute Gasteiger partial charge is 0.381 e. The van der Waals surface area contributed by atoms with Crippen LogP contribution in [0.2, 0.25) is 0 Å². The summed E-state index contributed by atoms with van der Waals surface area (Å²) in [4.78, 5) is 11.5. The maximum atomic E-state index is 11.5. The zero-order chi connectivity index (χ0) is 10.7. The molecule has 0 radical (unpaired) electrons. The van der Waals surface area contributed by atoms with Gasteiger partial charge in [0.25, 0.3) is 0 Å². The van der Waals surface area contributed by atoms with Gasteiger partial charge in [-0.25, -0.2) is 0 Å². The summed E-state index contributed by atoms with van der Waals surface area (Å²) < 4.78 is 0. The monoisotopic (exact) mass is 221 g/mol. The molecule has 1 aliphatic heterocycles. The molecule has 1 aromatic heterocycles. The van der Waals surface area contributed by atoms with Crippen molar-refractivity contribution in [1.29, 1.82) is 0 Å². The minimum Gasteiger partial charge on any atom is -0.381 e. The second-order valence-corrected chi connectivity index (χ2v) is 4.65. The fourth-order valence-corrected chi connectivity index (χ4v) is 2.54. The average molecular weight is 221 g/mol. The molecule has 0 spiro atoms. The molecular formula is C12H15NOS. The van der Waals surface area contributed by atoms with Crippen LogP contribution < -0.4 is 5.32 Å². The first kappa shape index (κ1) is 10.4. The minimum absolute atomic E-state index is 0.244. The third kappa shape index (κ3) is 2.48. The van der Waals surface area contributed by atoms with E-state index in [1.54, 1.807) is 17.4 Å². The summed E-state index contributed by atoms with van der Waals surface area (Å²) in [7, 11) is 0. The van der Waals surface area contributed by atoms with Crippen LogP contribution in [-0.2, 0) is 4.79 Å². The van der Waals surface area contributed by atoms with Crippen LogP contribution in [0.25, 0.3) is 5.70 Å². The number of carbonyl (C=O) groups excluding carboxylic acids is 1. The first-order valence-corrected chi connectivity index (χ1v) is 6.27. The third-order valence-corrected chi connectivity index (χ3v) is 3.27. The second-order valence-electron chi connectivity index (χ2n) is 3.87. The van der Waals surface area contributed by atoms with Crippen LogP contribution >= 0.6 is 11.3 Å². The molecule has 1 unspecified atom stereocenters. The Hall–Kier alpha value is -1.09. The molecule has 0 fully saturated rings. The number of allylic oxidation sites excluding steroid dienone is 1. The van der Waals surface area contributed by atoms with Crippen LogP contribution in [-0.4, -0.2) is 11.8 Å². The maximum Gasteiger partial charge on any atom is 0.159 e. The van der Waals surface area contributed by atoms with E-state index in [2.05, 4.69) is 17.6 Å². The van der Waals surface area contributed by atoms with Crippen molar-refractivity contribution in [3.63, 3.8) is 0 Å². The van der Waals surface area contributed by atoms with Gasteiger partial charge in [-0.15, -0.1) is 0 Å². The summed E-state index contributed by atoms with van der Waals surface area (Å²) in [5.41, 5.74) is 2.13. The number of thiophene rings is 1. The molecule has 1 N–H and O–H groups in total. The lowest BCUT2D eigenvalue weighted by atomic mass is 9.99. The van der Waals surface area contributed by atoms with Gasteiger partial charge in [0.15, 0.2) is 5.78 Å². The smallest absolute Gasteiger partial charge is 0.159 e. The fourth-order valence-electron chi connectivity index (χ4n) is 1.88. The van der Waals surface area contributed by atoms with Gasteiger partial charge in [-0.2, -0.15) is 11.3 Å². The summed E-state index contributed by atoms with van der Waals surface area (Å²) >= 11 is 1.66. The molecule has 80 valence electrons. The van der Waals surface area contributed by atoms with Crippen LogP contribution in [0.1, 0.15) is 31.7 Å². The van der Waals surface area contributed by atoms with Crippen molar-refractivity contribution in [2.75, 3.05) is 0 Å². The Balaban J connectivity index is 2.15. The molecule has 0 aliphatic carbocycles. The average Bonchev–Trinajstić information content (AvgIpc) is 2.70. The lowest BCUT2D eigenvalue weighted by Crippen LogP contribution is -2.33. The number of hydrogen-bond acceptors (Lipinski definition) is 3. The topological polar surface area (TPSA) is 29.1 Å². The van der Waals surface area contributed by atoms with Gasteiger partial charge in [0.05, 0.1) is 0 Å². The van der Waals surface area contributed by atoms with E-state index in [0.717, 1.165) is 24.1 Å². The number of rotatable bonds is 3. The molecular weight excluding hydrogens is 206 g/mol. The number of hydrogen-bond donors (Lipinski definition) is 1. The van der Waals surface area contributed by atoms with Gasteiger partial charge in [-0.3, -0.25) is 4.79 Å². The Labute approximate surface area is 94.0 Å². The molecule has 0 saturated heterocycles. The molecule has 3 heteroatoms. The van der Waals surface area contributed by atoms with Gasteiger partial charge < -0.3 is 5.32 Å². The van der Waals surface area contributed by atoms with Crippen molar-refractivity contribution >= 4 is 22.8 Å². The first-order valence-electron chi connectivity index (χ1n) is 5.33. The highest BCUT2D eigenvalue weighted by molar-refractivity contribution is 7.08. The van der Waals surface area contributed by atoms with Crippen LogP contribution in [0.4, 0.5) is 0 Å². The van der Waals surface area contributed by atoms with Crippen LogP contribution in [0.15, 0.2) is 22.9 Å². The Morgan fingerprint density at radius 1 is 1.60 bits per heavy atom. The van der Waals surface area contributed by atoms with E-state index < -0.39 is 0 Å². The van der Waals surface area contributed by atoms with E-state index >= 15 is 0 Å². The molecule has 0 saturated carbocycles. The summed E-state index contributed by atoms with van der Waals surface area (Å²) in [5, 5.41) is 7.54. The van der Waals surface area contributed by atoms with Gasteiger partial charge in [-0.05, 0) is 17.9 Å². The molecule has 2 heterocycles. The predicted molar refractivity (Wildman–Crippen MR) is 63.8 cm³/mol. The van der Waals surface area contributed by atoms with E-state index in [1.165, 1.54) is 0 Å². The summed E-state index contributed by atoms with van der Waals surface area (Å²) in [6, 6.07) is 2.37. The highest BCUT2D eigenvalue weighted by Gasteiger charge is 2.19. The summed E-state index contributed by atoms with van der Waals surface area (Å²) in [6.07, 6.45) is 4.55. The van der Waals surface area contributed by atoms with Crippen molar-refractivity contribution in [3.8, 4) is 0 Å². The number of nitrogens with one attached hydrogen (secondary N) is 1. The van der Waals surface area contributed by atoms with Crippen LogP contribution in [0.3, 0.4) is 0 Å². The molecule has 1 aliphatic rings. The highest BCUT2D eigenvalue weighted by atomic mass is 32.1. The highest BCUT2D eigenvalue weighted by Crippen LogP contribution is 2.21. The van der Waals surface area contributed by atoms with Crippen molar-refractivity contribution in [2.45, 2.75) is 32.2 Å². The molecule has 0 bridgehead atoms. The molecule has 2 nitrogen and oxygen atoms in total. The maximum absolute atomic E-state index is 11.5. The summed E-state index contributed by atoms with van der Waals surface area (Å²) in [5.74, 6) is 0.244. The van der Waals surface area contributed by atoms with Gasteiger partial charge in [0.2, 0.25) is 0 Å². The van der Waals surface area contributed by atoms with Crippen LogP contribution in [0, 0.1) is 0 Å². The molecule has 15 heavy (non-hydrogen) atoms. The van der Waals surface area contributed by atoms with Crippen molar-refractivity contribution < 1.29 is 4.79 Å². The van der Waals surface area contributed by atoms with Gasteiger partial charge in [0, 0.05) is 35.2 Å². The van der Waals surface area contributed by atoms with Gasteiger partial charge in [0.1, 0.15) is 0 Å². The molecule has 2 rings (SSSR count). The van der Waals surface area contributed by atoms with E-state index in [0.29, 0.717) is 12.5 Å². The molecule has 1 aromatic rings. The van der Waals surface area contributed by atoms with Gasteiger partial charge >= 0.3 is 0 Å². The third-order valence-electron chi connectivity index (χ3n) is 2.58. The molecule has 1 atom stereocenters. The first-order chi connectivity index (χ1) is 7.29. The molecule has 0 amide bonds. The Morgan fingerprint density at radius 3 is 3.13 bits per heavy atom. The van der Waals surface area contributed by atoms with E-state index in [9.17, 15) is 4.79 Å². The Morgan fingerprint density at radius 2 is 2.47 bits per heavy atom. The van der Waals surface area contributed by atoms with E-state index in [1.807, 2.05) is 11.4 Å². The van der Waals surface area contributed by atoms with E-state index in [4.69, 9.17) is 0 Å². The standard InChI is InChI=1S/C12H15NOS/c1-2-3-10-6-11(14)7-12(13-10)9-4-5-15-8-9/h4-5,7-8,10,13H,2-3,6H2,1H3. The normalized spacial score (nSPS) is 21.0. The van der Waals surface area contributed by atoms with E-state index in [-0.39, 0.29) is 5.78 Å². The zero-order valence-corrected chi connectivity index (χ0v) is 9.64. The Bertz CT molecular complexity index is 367. The predicted octanol–water partition coefficient (Wildman–Crippen LogP) is 2.82. The number of ketones is 1. The lowest BCUT2D eigenvalue weighted by Gasteiger charge is -2.24. The lowest BCUT2D eigenvalue weighted by molar-refractivity contribution is -0.115. The quantitative estimate of drug-likeness (QED) is 0.850. The van der Waals surface area contributed by atoms with Crippen molar-refractivity contribution in [1.82, 2.24) is 5.32 Å². The fraction of sp³-hybridized carbons (Fsp3) is 0.417. The molecule has 0 aromatic carbocycles. The minimum atomic E-state index is 0.244. The zero-order valence-electron chi connectivity index (χ0n) is 8.82. The number of carbonyl (C=O) groups is 1. The second kappa shape index (κ2) is 4.62. The summed E-state index contributed by atoms with van der Waals surface area (Å²) in [6.45, 7) is 2.15.